The first-order valence-electron chi connectivity index (χ1n) is 6.47. The SMILES string of the molecule is CCCC/C(C)=N\N1[C@@H](C)CCC[C@@H]1C. The molecular weight excluding hydrogens is 184 g/mol. The van der Waals surface area contributed by atoms with Crippen LogP contribution in [0.2, 0.25) is 0 Å². The standard InChI is InChI=1S/C13H26N2/c1-5-6-8-11(2)14-15-12(3)9-7-10-13(15)4/h12-13H,5-10H2,1-4H3/b14-11-/t12-,13-/m0/s1. The van der Waals surface area contributed by atoms with Crippen LogP contribution in [0.1, 0.15) is 66.2 Å². The fourth-order valence-electron chi connectivity index (χ4n) is 2.28. The summed E-state index contributed by atoms with van der Waals surface area (Å²) in [6, 6.07) is 1.26. The van der Waals surface area contributed by atoms with Gasteiger partial charge in [-0.25, -0.2) is 0 Å². The molecule has 1 saturated heterocycles. The van der Waals surface area contributed by atoms with E-state index in [9.17, 15) is 0 Å². The first-order chi connectivity index (χ1) is 7.15. The average molecular weight is 210 g/mol. The van der Waals surface area contributed by atoms with Gasteiger partial charge in [0, 0.05) is 17.8 Å². The van der Waals surface area contributed by atoms with Crippen molar-refractivity contribution in [3.05, 3.63) is 0 Å². The van der Waals surface area contributed by atoms with E-state index in [1.165, 1.54) is 37.8 Å². The lowest BCUT2D eigenvalue weighted by Gasteiger charge is -2.37. The maximum absolute atomic E-state index is 4.79. The molecule has 1 aliphatic rings. The quantitative estimate of drug-likeness (QED) is 0.644. The van der Waals surface area contributed by atoms with Crippen LogP contribution >= 0.6 is 0 Å². The molecule has 0 aliphatic carbocycles. The smallest absolute Gasteiger partial charge is 0.0445 e. The summed E-state index contributed by atoms with van der Waals surface area (Å²) in [5.41, 5.74) is 1.30. The van der Waals surface area contributed by atoms with Gasteiger partial charge in [0.2, 0.25) is 0 Å². The highest BCUT2D eigenvalue weighted by molar-refractivity contribution is 5.81. The van der Waals surface area contributed by atoms with Gasteiger partial charge >= 0.3 is 0 Å². The van der Waals surface area contributed by atoms with Crippen molar-refractivity contribution in [2.24, 2.45) is 5.10 Å². The fraction of sp³-hybridized carbons (Fsp3) is 0.923. The van der Waals surface area contributed by atoms with Gasteiger partial charge in [-0.2, -0.15) is 5.10 Å². The van der Waals surface area contributed by atoms with E-state index in [-0.39, 0.29) is 0 Å². The van der Waals surface area contributed by atoms with Crippen molar-refractivity contribution in [1.29, 1.82) is 0 Å². The van der Waals surface area contributed by atoms with Crippen LogP contribution in [-0.4, -0.2) is 22.8 Å². The molecule has 0 unspecified atom stereocenters. The summed E-state index contributed by atoms with van der Waals surface area (Å²) in [6.07, 6.45) is 7.66. The minimum Gasteiger partial charge on any atom is -0.292 e. The van der Waals surface area contributed by atoms with E-state index < -0.39 is 0 Å². The van der Waals surface area contributed by atoms with Crippen LogP contribution in [-0.2, 0) is 0 Å². The third kappa shape index (κ3) is 3.84. The van der Waals surface area contributed by atoms with Crippen molar-refractivity contribution in [3.63, 3.8) is 0 Å². The Labute approximate surface area is 94.7 Å². The van der Waals surface area contributed by atoms with Gasteiger partial charge in [0.1, 0.15) is 0 Å². The maximum Gasteiger partial charge on any atom is 0.0445 e. The number of hydrogen-bond donors (Lipinski definition) is 0. The van der Waals surface area contributed by atoms with Gasteiger partial charge in [0.15, 0.2) is 0 Å². The Morgan fingerprint density at radius 1 is 1.27 bits per heavy atom. The van der Waals surface area contributed by atoms with Crippen LogP contribution in [0.15, 0.2) is 5.10 Å². The second-order valence-corrected chi connectivity index (χ2v) is 4.95. The molecule has 88 valence electrons. The number of hydrazone groups is 1. The van der Waals surface area contributed by atoms with Gasteiger partial charge in [0.05, 0.1) is 0 Å². The Kier molecular flexibility index (Phi) is 5.13. The summed E-state index contributed by atoms with van der Waals surface area (Å²) in [4.78, 5) is 0. The van der Waals surface area contributed by atoms with Crippen LogP contribution in [0.4, 0.5) is 0 Å². The zero-order valence-corrected chi connectivity index (χ0v) is 10.8. The Balaban J connectivity index is 2.52. The minimum absolute atomic E-state index is 0.630. The normalized spacial score (nSPS) is 28.3. The molecule has 0 saturated carbocycles. The van der Waals surface area contributed by atoms with Crippen molar-refractivity contribution in [2.45, 2.75) is 78.3 Å². The van der Waals surface area contributed by atoms with Crippen LogP contribution in [0.3, 0.4) is 0 Å². The highest BCUT2D eigenvalue weighted by Gasteiger charge is 2.23. The zero-order valence-electron chi connectivity index (χ0n) is 10.8. The predicted octanol–water partition coefficient (Wildman–Crippen LogP) is 3.82. The molecule has 0 aromatic rings. The van der Waals surface area contributed by atoms with E-state index in [2.05, 4.69) is 32.7 Å². The maximum atomic E-state index is 4.79. The lowest BCUT2D eigenvalue weighted by atomic mass is 10.00. The monoisotopic (exact) mass is 210 g/mol. The molecule has 1 rings (SSSR count). The number of hydrogen-bond acceptors (Lipinski definition) is 2. The molecule has 0 spiro atoms. The highest BCUT2D eigenvalue weighted by atomic mass is 15.5. The zero-order chi connectivity index (χ0) is 11.3. The molecule has 0 bridgehead atoms. The molecule has 2 nitrogen and oxygen atoms in total. The third-order valence-corrected chi connectivity index (χ3v) is 3.33. The number of piperidine rings is 1. The molecule has 0 aromatic heterocycles. The molecule has 2 atom stereocenters. The Morgan fingerprint density at radius 3 is 2.40 bits per heavy atom. The van der Waals surface area contributed by atoms with Crippen molar-refractivity contribution in [1.82, 2.24) is 5.01 Å². The number of nitrogens with zero attached hydrogens (tertiary/aromatic N) is 2. The second-order valence-electron chi connectivity index (χ2n) is 4.95. The van der Waals surface area contributed by atoms with E-state index in [0.29, 0.717) is 12.1 Å². The van der Waals surface area contributed by atoms with Gasteiger partial charge in [-0.3, -0.25) is 5.01 Å². The molecule has 0 radical (unpaired) electrons. The summed E-state index contributed by atoms with van der Waals surface area (Å²) >= 11 is 0. The van der Waals surface area contributed by atoms with Crippen LogP contribution in [0.5, 0.6) is 0 Å². The van der Waals surface area contributed by atoms with Gasteiger partial charge in [-0.1, -0.05) is 13.3 Å². The lowest BCUT2D eigenvalue weighted by molar-refractivity contribution is 0.108. The predicted molar refractivity (Wildman–Crippen MR) is 67.2 cm³/mol. The van der Waals surface area contributed by atoms with Gasteiger partial charge in [0.25, 0.3) is 0 Å². The molecule has 1 fully saturated rings. The van der Waals surface area contributed by atoms with Crippen LogP contribution in [0.25, 0.3) is 0 Å². The van der Waals surface area contributed by atoms with Gasteiger partial charge in [-0.05, 0) is 52.9 Å². The van der Waals surface area contributed by atoms with Crippen LogP contribution in [0, 0.1) is 0 Å². The molecule has 0 N–H and O–H groups in total. The van der Waals surface area contributed by atoms with E-state index in [1.54, 1.807) is 0 Å². The van der Waals surface area contributed by atoms with E-state index in [4.69, 9.17) is 5.10 Å². The first-order valence-corrected chi connectivity index (χ1v) is 6.47. The largest absolute Gasteiger partial charge is 0.292 e. The minimum atomic E-state index is 0.630. The summed E-state index contributed by atoms with van der Waals surface area (Å²) in [7, 11) is 0. The Hall–Kier alpha value is -0.530. The summed E-state index contributed by atoms with van der Waals surface area (Å²) in [5.74, 6) is 0. The Bertz CT molecular complexity index is 201. The molecule has 1 aliphatic heterocycles. The fourth-order valence-corrected chi connectivity index (χ4v) is 2.28. The van der Waals surface area contributed by atoms with E-state index in [0.717, 1.165) is 6.42 Å². The molecule has 0 aromatic carbocycles. The van der Waals surface area contributed by atoms with Gasteiger partial charge < -0.3 is 0 Å². The highest BCUT2D eigenvalue weighted by Crippen LogP contribution is 2.22. The summed E-state index contributed by atoms with van der Waals surface area (Å²) < 4.78 is 0. The number of rotatable bonds is 4. The Morgan fingerprint density at radius 2 is 1.87 bits per heavy atom. The molecular formula is C13H26N2. The molecule has 2 heteroatoms. The molecule has 0 amide bonds. The first kappa shape index (κ1) is 12.5. The third-order valence-electron chi connectivity index (χ3n) is 3.33. The molecule has 1 heterocycles. The van der Waals surface area contributed by atoms with Crippen molar-refractivity contribution in [2.75, 3.05) is 0 Å². The summed E-state index contributed by atoms with van der Waals surface area (Å²) in [5, 5.41) is 7.11. The second kappa shape index (κ2) is 6.14. The molecule has 15 heavy (non-hydrogen) atoms. The lowest BCUT2D eigenvalue weighted by Crippen LogP contribution is -2.40. The van der Waals surface area contributed by atoms with Crippen molar-refractivity contribution >= 4 is 5.71 Å². The summed E-state index contributed by atoms with van der Waals surface area (Å²) in [6.45, 7) is 9.00. The van der Waals surface area contributed by atoms with E-state index in [1.807, 2.05) is 0 Å². The van der Waals surface area contributed by atoms with Crippen molar-refractivity contribution < 1.29 is 0 Å². The van der Waals surface area contributed by atoms with Gasteiger partial charge in [-0.15, -0.1) is 0 Å². The van der Waals surface area contributed by atoms with Crippen molar-refractivity contribution in [3.8, 4) is 0 Å². The number of unbranched alkanes of at least 4 members (excludes halogenated alkanes) is 1. The van der Waals surface area contributed by atoms with E-state index >= 15 is 0 Å². The average Bonchev–Trinajstić information content (AvgIpc) is 2.21. The van der Waals surface area contributed by atoms with Crippen LogP contribution < -0.4 is 0 Å². The topological polar surface area (TPSA) is 15.6 Å².